The summed E-state index contributed by atoms with van der Waals surface area (Å²) in [5, 5.41) is 11.2. The second-order valence-corrected chi connectivity index (χ2v) is 27.5. The fraction of sp³-hybridized carbons (Fsp3) is 0.443. The van der Waals surface area contributed by atoms with Crippen LogP contribution >= 0.6 is 0 Å². The van der Waals surface area contributed by atoms with Crippen LogP contribution in [0.1, 0.15) is 185 Å². The monoisotopic (exact) mass is 1090 g/mol. The van der Waals surface area contributed by atoms with Crippen molar-refractivity contribution in [2.45, 2.75) is 184 Å². The van der Waals surface area contributed by atoms with Crippen LogP contribution in [0.4, 0.5) is 0 Å². The van der Waals surface area contributed by atoms with Gasteiger partial charge in [-0.25, -0.2) is 15.0 Å². The average molecular weight is 1090 g/mol. The number of H-pyrrole nitrogens is 1. The molecule has 0 saturated carbocycles. The first kappa shape index (κ1) is 66.4. The second kappa shape index (κ2) is 29.0. The fourth-order valence-corrected chi connectivity index (χ4v) is 8.54. The first-order chi connectivity index (χ1) is 37.7. The molecule has 0 unspecified atom stereocenters. The van der Waals surface area contributed by atoms with Crippen LogP contribution in [-0.4, -0.2) is 63.3 Å². The highest BCUT2D eigenvalue weighted by Crippen LogP contribution is 2.32. The summed E-state index contributed by atoms with van der Waals surface area (Å²) in [6.45, 7) is 47.9. The summed E-state index contributed by atoms with van der Waals surface area (Å²) >= 11 is 0. The number of rotatable bonds is 0. The van der Waals surface area contributed by atoms with Crippen LogP contribution in [0.25, 0.3) is 32.8 Å². The molecule has 81 heavy (non-hydrogen) atoms. The number of nitrogens with one attached hydrogen (secondary N) is 1. The van der Waals surface area contributed by atoms with Gasteiger partial charge in [-0.3, -0.25) is 19.9 Å². The van der Waals surface area contributed by atoms with E-state index in [1.165, 1.54) is 38.6 Å². The van der Waals surface area contributed by atoms with Gasteiger partial charge < -0.3 is 9.72 Å². The predicted octanol–water partition coefficient (Wildman–Crippen LogP) is 17.6. The van der Waals surface area contributed by atoms with Crippen molar-refractivity contribution in [3.63, 3.8) is 0 Å². The van der Waals surface area contributed by atoms with Gasteiger partial charge in [-0.05, 0) is 127 Å². The Morgan fingerprint density at radius 2 is 0.926 bits per heavy atom. The lowest BCUT2D eigenvalue weighted by Gasteiger charge is -2.25. The molecule has 9 heterocycles. The topological polar surface area (TPSA) is 141 Å². The first-order valence-electron chi connectivity index (χ1n) is 28.4. The number of para-hydroxylation sites is 1. The average Bonchev–Trinajstić information content (AvgIpc) is 3.95. The number of hydrogen-bond donors (Lipinski definition) is 1. The standard InChI is InChI=1S/C13H15N.C12H14N2.C11H14N2.C9H13N.C9H16O.2C8H12N2/c1-13(2,3)11-8-9-14-12-7-5-4-6-10(11)12;1-12(2,3)10-4-7-14-11-5-6-13-8-9(10)11;1-11(2,3)9-5-7-13-10-8(9)4-6-12-10;2*1-9(2,3)8-4-6-10-7-5-8;1-8(2,3)7-4-5-9-6-10-7;1-8(2,3)7-4-5-9-10-6-7/h4-9H,1-3H3;4-8H,1-3H3;4-7H,1-3H3,(H,12,13);4-7H,1-3H3;4H,5-7H2,1-3H3;2*4-6H,1-3H3. The zero-order valence-electron chi connectivity index (χ0n) is 53.1. The minimum Gasteiger partial charge on any atom is -0.377 e. The van der Waals surface area contributed by atoms with Gasteiger partial charge in [-0.15, -0.1) is 0 Å². The molecule has 8 aromatic heterocycles. The second-order valence-electron chi connectivity index (χ2n) is 27.5. The van der Waals surface area contributed by atoms with E-state index in [-0.39, 0.29) is 32.5 Å². The highest BCUT2D eigenvalue weighted by molar-refractivity contribution is 5.83. The maximum Gasteiger partial charge on any atom is 0.137 e. The van der Waals surface area contributed by atoms with Gasteiger partial charge in [0.25, 0.3) is 0 Å². The quantitative estimate of drug-likeness (QED) is 0.146. The molecule has 0 saturated heterocycles. The Balaban J connectivity index is 0.000000204. The van der Waals surface area contributed by atoms with Crippen molar-refractivity contribution in [1.29, 1.82) is 0 Å². The van der Waals surface area contributed by atoms with E-state index >= 15 is 0 Å². The smallest absolute Gasteiger partial charge is 0.137 e. The normalized spacial score (nSPS) is 12.9. The van der Waals surface area contributed by atoms with Crippen LogP contribution in [-0.2, 0) is 37.2 Å². The van der Waals surface area contributed by atoms with Crippen molar-refractivity contribution in [1.82, 2.24) is 50.1 Å². The third-order valence-corrected chi connectivity index (χ3v) is 13.3. The molecule has 11 heteroatoms. The van der Waals surface area contributed by atoms with E-state index < -0.39 is 0 Å². The summed E-state index contributed by atoms with van der Waals surface area (Å²) in [6, 6.07) is 26.7. The van der Waals surface area contributed by atoms with E-state index in [0.29, 0.717) is 5.41 Å². The summed E-state index contributed by atoms with van der Waals surface area (Å²) in [5.74, 6) is 0. The summed E-state index contributed by atoms with van der Waals surface area (Å²) in [5.41, 5.74) is 13.7. The van der Waals surface area contributed by atoms with Crippen LogP contribution < -0.4 is 0 Å². The van der Waals surface area contributed by atoms with Crippen LogP contribution in [0, 0.1) is 5.41 Å². The van der Waals surface area contributed by atoms with Crippen molar-refractivity contribution < 1.29 is 4.74 Å². The first-order valence-corrected chi connectivity index (χ1v) is 28.4. The van der Waals surface area contributed by atoms with Crippen molar-refractivity contribution in [3.05, 3.63) is 199 Å². The molecule has 0 spiro atoms. The molecule has 0 bridgehead atoms. The lowest BCUT2D eigenvalue weighted by Crippen LogP contribution is -2.16. The molecule has 10 rings (SSSR count). The Morgan fingerprint density at radius 1 is 0.395 bits per heavy atom. The number of nitrogens with zero attached hydrogens (tertiary/aromatic N) is 9. The molecule has 0 amide bonds. The SMILES string of the molecule is CC(C)(C)C1=CCOCC1.CC(C)(C)c1ccnc2[nH]ccc12.CC(C)(C)c1ccnc2ccccc12.CC(C)(C)c1ccnc2ccncc12.CC(C)(C)c1ccncc1.CC(C)(C)c1ccncn1.CC(C)(C)c1ccnnc1. The zero-order chi connectivity index (χ0) is 60.3. The Hall–Kier alpha value is -7.11. The number of pyridine rings is 5. The van der Waals surface area contributed by atoms with E-state index in [1.807, 2.05) is 67.6 Å². The Morgan fingerprint density at radius 3 is 1.38 bits per heavy atom. The molecule has 11 nitrogen and oxygen atoms in total. The molecular weight excluding hydrogens is 997 g/mol. The molecule has 1 aliphatic heterocycles. The van der Waals surface area contributed by atoms with Gasteiger partial charge in [0, 0.05) is 89.2 Å². The highest BCUT2D eigenvalue weighted by Gasteiger charge is 2.21. The Kier molecular flexibility index (Phi) is 23.8. The number of aromatic nitrogens is 10. The van der Waals surface area contributed by atoms with E-state index in [9.17, 15) is 0 Å². The van der Waals surface area contributed by atoms with Crippen molar-refractivity contribution in [2.75, 3.05) is 13.2 Å². The minimum atomic E-state index is 0.142. The molecule has 1 aromatic carbocycles. The van der Waals surface area contributed by atoms with Crippen molar-refractivity contribution in [2.24, 2.45) is 5.41 Å². The van der Waals surface area contributed by atoms with E-state index in [2.05, 4.69) is 256 Å². The van der Waals surface area contributed by atoms with Crippen LogP contribution in [0.2, 0.25) is 0 Å². The van der Waals surface area contributed by atoms with Crippen LogP contribution in [0.15, 0.2) is 165 Å². The van der Waals surface area contributed by atoms with Gasteiger partial charge in [0.05, 0.1) is 30.4 Å². The third kappa shape index (κ3) is 22.0. The van der Waals surface area contributed by atoms with Gasteiger partial charge >= 0.3 is 0 Å². The van der Waals surface area contributed by atoms with Crippen molar-refractivity contribution in [3.8, 4) is 0 Å². The maximum atomic E-state index is 5.22. The van der Waals surface area contributed by atoms with E-state index in [1.54, 1.807) is 36.7 Å². The molecule has 0 atom stereocenters. The molecule has 1 aliphatic rings. The van der Waals surface area contributed by atoms with Gasteiger partial charge in [0.1, 0.15) is 12.0 Å². The van der Waals surface area contributed by atoms with Gasteiger partial charge in [-0.2, -0.15) is 10.2 Å². The molecule has 0 radical (unpaired) electrons. The van der Waals surface area contributed by atoms with E-state index in [0.717, 1.165) is 47.4 Å². The minimum absolute atomic E-state index is 0.142. The predicted molar refractivity (Wildman–Crippen MR) is 341 cm³/mol. The molecule has 0 aliphatic carbocycles. The summed E-state index contributed by atoms with van der Waals surface area (Å²) < 4.78 is 5.22. The van der Waals surface area contributed by atoms with Gasteiger partial charge in [0.2, 0.25) is 0 Å². The molecular formula is C70H96N10O. The summed E-state index contributed by atoms with van der Waals surface area (Å²) in [7, 11) is 0. The molecule has 1 N–H and O–H groups in total. The molecule has 9 aromatic rings. The van der Waals surface area contributed by atoms with E-state index in [4.69, 9.17) is 4.74 Å². The van der Waals surface area contributed by atoms with Crippen LogP contribution in [0.3, 0.4) is 0 Å². The van der Waals surface area contributed by atoms with Gasteiger partial charge in [-0.1, -0.05) is 175 Å². The summed E-state index contributed by atoms with van der Waals surface area (Å²) in [4.78, 5) is 32.1. The number of ether oxygens (including phenoxy) is 1. The molecule has 432 valence electrons. The fourth-order valence-electron chi connectivity index (χ4n) is 8.54. The maximum absolute atomic E-state index is 5.22. The number of aromatic amines is 1. The van der Waals surface area contributed by atoms with Crippen LogP contribution in [0.5, 0.6) is 0 Å². The van der Waals surface area contributed by atoms with Gasteiger partial charge in [0.15, 0.2) is 0 Å². The zero-order valence-corrected chi connectivity index (χ0v) is 53.1. The lowest BCUT2D eigenvalue weighted by molar-refractivity contribution is 0.147. The largest absolute Gasteiger partial charge is 0.377 e. The summed E-state index contributed by atoms with van der Waals surface area (Å²) in [6.07, 6.45) is 25.1. The Labute approximate surface area is 486 Å². The molecule has 0 fully saturated rings. The lowest BCUT2D eigenvalue weighted by atomic mass is 9.84. The highest BCUT2D eigenvalue weighted by atomic mass is 16.5. The van der Waals surface area contributed by atoms with Crippen molar-refractivity contribution >= 4 is 32.8 Å². The number of hydrogen-bond acceptors (Lipinski definition) is 10. The number of fused-ring (bicyclic) bond motifs is 3. The third-order valence-electron chi connectivity index (χ3n) is 13.3. The number of benzene rings is 1. The Bertz CT molecular complexity index is 3070.